The highest BCUT2D eigenvalue weighted by molar-refractivity contribution is 5.59. The molecule has 0 N–H and O–H groups in total. The topological polar surface area (TPSA) is 44.8 Å². The molecule has 0 radical (unpaired) electrons. The summed E-state index contributed by atoms with van der Waals surface area (Å²) < 4.78 is 5.01. The molecule has 0 bridgehead atoms. The summed E-state index contributed by atoms with van der Waals surface area (Å²) >= 11 is 0. The van der Waals surface area contributed by atoms with Gasteiger partial charge in [0.25, 0.3) is 0 Å². The van der Waals surface area contributed by atoms with Crippen LogP contribution in [0.2, 0.25) is 0 Å². The molecule has 0 saturated heterocycles. The zero-order valence-corrected chi connectivity index (χ0v) is 7.95. The van der Waals surface area contributed by atoms with Crippen LogP contribution in [0.3, 0.4) is 0 Å². The normalized spacial score (nSPS) is 18.2. The van der Waals surface area contributed by atoms with Crippen molar-refractivity contribution in [2.75, 3.05) is 6.61 Å². The first-order valence-corrected chi connectivity index (χ1v) is 4.83. The molecule has 0 aromatic heterocycles. The molecular formula is C9H16O4. The molecule has 0 unspecified atom stereocenters. The number of hydrogen-bond acceptors (Lipinski definition) is 4. The minimum Gasteiger partial charge on any atom is -0.429 e. The van der Waals surface area contributed by atoms with Crippen molar-refractivity contribution in [2.24, 2.45) is 0 Å². The van der Waals surface area contributed by atoms with Crippen LogP contribution in [0.1, 0.15) is 39.0 Å². The van der Waals surface area contributed by atoms with E-state index >= 15 is 0 Å². The van der Waals surface area contributed by atoms with Gasteiger partial charge in [-0.15, -0.1) is 0 Å². The average molecular weight is 188 g/mol. The van der Waals surface area contributed by atoms with Crippen molar-refractivity contribution in [3.8, 4) is 0 Å². The zero-order valence-electron chi connectivity index (χ0n) is 7.95. The number of ether oxygens (including phenoxy) is 1. The lowest BCUT2D eigenvalue weighted by Gasteiger charge is -2.20. The van der Waals surface area contributed by atoms with Gasteiger partial charge < -0.3 is 4.74 Å². The molecule has 76 valence electrons. The van der Waals surface area contributed by atoms with Crippen LogP contribution in [0.15, 0.2) is 0 Å². The smallest absolute Gasteiger partial charge is 0.429 e. The first kappa shape index (κ1) is 10.3. The number of carbonyl (C=O) groups is 1. The van der Waals surface area contributed by atoms with E-state index in [1.165, 1.54) is 6.42 Å². The van der Waals surface area contributed by atoms with Crippen molar-refractivity contribution < 1.29 is 19.3 Å². The Morgan fingerprint density at radius 2 is 2.00 bits per heavy atom. The summed E-state index contributed by atoms with van der Waals surface area (Å²) in [5.74, 6) is 0. The van der Waals surface area contributed by atoms with E-state index in [0.29, 0.717) is 6.61 Å². The van der Waals surface area contributed by atoms with E-state index in [1.54, 1.807) is 6.92 Å². The van der Waals surface area contributed by atoms with Crippen LogP contribution in [0.5, 0.6) is 0 Å². The molecule has 1 aliphatic carbocycles. The SMILES string of the molecule is CCOOC(=O)OC1CCCCC1. The van der Waals surface area contributed by atoms with Crippen molar-refractivity contribution in [1.82, 2.24) is 0 Å². The Hall–Kier alpha value is -0.770. The molecule has 13 heavy (non-hydrogen) atoms. The Bertz CT molecular complexity index is 152. The molecule has 0 atom stereocenters. The van der Waals surface area contributed by atoms with E-state index in [-0.39, 0.29) is 6.10 Å². The third-order valence-electron chi connectivity index (χ3n) is 2.06. The Morgan fingerprint density at radius 1 is 1.31 bits per heavy atom. The van der Waals surface area contributed by atoms with Crippen LogP contribution in [0, 0.1) is 0 Å². The lowest BCUT2D eigenvalue weighted by atomic mass is 9.98. The summed E-state index contributed by atoms with van der Waals surface area (Å²) in [7, 11) is 0. The molecule has 0 aromatic rings. The molecule has 1 saturated carbocycles. The van der Waals surface area contributed by atoms with Gasteiger partial charge in [-0.1, -0.05) is 6.42 Å². The van der Waals surface area contributed by atoms with E-state index in [4.69, 9.17) is 4.74 Å². The largest absolute Gasteiger partial charge is 0.540 e. The molecule has 0 aliphatic heterocycles. The first-order valence-electron chi connectivity index (χ1n) is 4.83. The van der Waals surface area contributed by atoms with Gasteiger partial charge in [-0.3, -0.25) is 4.89 Å². The quantitative estimate of drug-likeness (QED) is 0.387. The third kappa shape index (κ3) is 4.12. The molecule has 0 spiro atoms. The van der Waals surface area contributed by atoms with Gasteiger partial charge in [-0.25, -0.2) is 4.79 Å². The predicted octanol–water partition coefficient (Wildman–Crippen LogP) is 2.42. The van der Waals surface area contributed by atoms with Crippen LogP contribution in [-0.4, -0.2) is 18.9 Å². The molecule has 0 aromatic carbocycles. The van der Waals surface area contributed by atoms with Crippen LogP contribution >= 0.6 is 0 Å². The number of rotatable bonds is 3. The van der Waals surface area contributed by atoms with E-state index in [2.05, 4.69) is 9.78 Å². The van der Waals surface area contributed by atoms with Gasteiger partial charge in [0.05, 0.1) is 6.61 Å². The molecular weight excluding hydrogens is 172 g/mol. The minimum absolute atomic E-state index is 0.0294. The van der Waals surface area contributed by atoms with Crippen LogP contribution < -0.4 is 0 Å². The fraction of sp³-hybridized carbons (Fsp3) is 0.889. The van der Waals surface area contributed by atoms with E-state index in [1.807, 2.05) is 0 Å². The molecule has 1 fully saturated rings. The highest BCUT2D eigenvalue weighted by atomic mass is 17.2. The van der Waals surface area contributed by atoms with E-state index in [0.717, 1.165) is 25.7 Å². The van der Waals surface area contributed by atoms with Crippen molar-refractivity contribution >= 4 is 6.16 Å². The Morgan fingerprint density at radius 3 is 2.62 bits per heavy atom. The second-order valence-electron chi connectivity index (χ2n) is 3.12. The van der Waals surface area contributed by atoms with Crippen molar-refractivity contribution in [1.29, 1.82) is 0 Å². The second kappa shape index (κ2) is 5.80. The third-order valence-corrected chi connectivity index (χ3v) is 2.06. The van der Waals surface area contributed by atoms with Crippen molar-refractivity contribution in [3.05, 3.63) is 0 Å². The fourth-order valence-electron chi connectivity index (χ4n) is 1.45. The monoisotopic (exact) mass is 188 g/mol. The average Bonchev–Trinajstić information content (AvgIpc) is 2.16. The number of hydrogen-bond donors (Lipinski definition) is 0. The van der Waals surface area contributed by atoms with Crippen LogP contribution in [0.4, 0.5) is 4.79 Å². The highest BCUT2D eigenvalue weighted by Crippen LogP contribution is 2.20. The molecule has 0 heterocycles. The molecule has 0 amide bonds. The summed E-state index contributed by atoms with van der Waals surface area (Å²) in [6, 6.07) is 0. The summed E-state index contributed by atoms with van der Waals surface area (Å²) in [4.78, 5) is 19.7. The minimum atomic E-state index is -0.714. The Balaban J connectivity index is 2.11. The van der Waals surface area contributed by atoms with Crippen LogP contribution in [-0.2, 0) is 14.5 Å². The van der Waals surface area contributed by atoms with Gasteiger partial charge in [-0.05, 0) is 32.6 Å². The number of carbonyl (C=O) groups excluding carboxylic acids is 1. The van der Waals surface area contributed by atoms with Crippen molar-refractivity contribution in [2.45, 2.75) is 45.1 Å². The van der Waals surface area contributed by atoms with Gasteiger partial charge in [0.1, 0.15) is 6.10 Å². The summed E-state index contributed by atoms with van der Waals surface area (Å²) in [6.07, 6.45) is 4.71. The Labute approximate surface area is 78.1 Å². The Kier molecular flexibility index (Phi) is 4.60. The second-order valence-corrected chi connectivity index (χ2v) is 3.12. The molecule has 4 heteroatoms. The molecule has 1 rings (SSSR count). The summed E-state index contributed by atoms with van der Waals surface area (Å²) in [6.45, 7) is 2.09. The fourth-order valence-corrected chi connectivity index (χ4v) is 1.45. The maximum Gasteiger partial charge on any atom is 0.540 e. The van der Waals surface area contributed by atoms with Gasteiger partial charge in [0.2, 0.25) is 0 Å². The van der Waals surface area contributed by atoms with E-state index < -0.39 is 6.16 Å². The lowest BCUT2D eigenvalue weighted by Crippen LogP contribution is -2.21. The summed E-state index contributed by atoms with van der Waals surface area (Å²) in [5.41, 5.74) is 0. The van der Waals surface area contributed by atoms with Gasteiger partial charge >= 0.3 is 6.16 Å². The first-order chi connectivity index (χ1) is 6.33. The molecule has 4 nitrogen and oxygen atoms in total. The zero-order chi connectivity index (χ0) is 9.52. The maximum atomic E-state index is 10.9. The molecule has 1 aliphatic rings. The lowest BCUT2D eigenvalue weighted by molar-refractivity contribution is -0.254. The van der Waals surface area contributed by atoms with Crippen molar-refractivity contribution in [3.63, 3.8) is 0 Å². The van der Waals surface area contributed by atoms with Gasteiger partial charge in [0, 0.05) is 0 Å². The standard InChI is InChI=1S/C9H16O4/c1-2-11-13-9(10)12-8-6-4-3-5-7-8/h8H,2-7H2,1H3. The summed E-state index contributed by atoms with van der Waals surface area (Å²) in [5, 5.41) is 0. The van der Waals surface area contributed by atoms with Crippen LogP contribution in [0.25, 0.3) is 0 Å². The van der Waals surface area contributed by atoms with E-state index in [9.17, 15) is 4.79 Å². The van der Waals surface area contributed by atoms with Gasteiger partial charge in [-0.2, -0.15) is 4.89 Å². The maximum absolute atomic E-state index is 10.9. The van der Waals surface area contributed by atoms with Gasteiger partial charge in [0.15, 0.2) is 0 Å². The predicted molar refractivity (Wildman–Crippen MR) is 46.1 cm³/mol. The highest BCUT2D eigenvalue weighted by Gasteiger charge is 2.18.